The molecular weight excluding hydrogens is 276 g/mol. The Morgan fingerprint density at radius 1 is 1.40 bits per heavy atom. The number of para-hydroxylation sites is 1. The highest BCUT2D eigenvalue weighted by atomic mass is 32.2. The van der Waals surface area contributed by atoms with Crippen LogP contribution in [0.4, 0.5) is 0 Å². The van der Waals surface area contributed by atoms with Crippen LogP contribution >= 0.6 is 11.8 Å². The van der Waals surface area contributed by atoms with E-state index in [4.69, 9.17) is 14.6 Å². The lowest BCUT2D eigenvalue weighted by Crippen LogP contribution is -2.22. The molecule has 0 spiro atoms. The number of ether oxygens (including phenoxy) is 2. The van der Waals surface area contributed by atoms with Crippen LogP contribution in [0.15, 0.2) is 18.2 Å². The molecule has 1 heterocycles. The Kier molecular flexibility index (Phi) is 5.17. The standard InChI is InChI=1S/C15H20O4S/c1-10(15(16)17)12-4-3-5-13(14(12)18-2)19-11-6-8-20-9-7-11/h3-5,10-11H,6-9H2,1-2H3,(H,16,17). The van der Waals surface area contributed by atoms with E-state index in [0.717, 1.165) is 24.3 Å². The zero-order chi connectivity index (χ0) is 14.5. The molecule has 0 amide bonds. The number of carboxylic acids is 1. The van der Waals surface area contributed by atoms with Gasteiger partial charge in [-0.25, -0.2) is 0 Å². The van der Waals surface area contributed by atoms with Crippen LogP contribution in [0.3, 0.4) is 0 Å². The summed E-state index contributed by atoms with van der Waals surface area (Å²) in [4.78, 5) is 11.2. The molecule has 5 heteroatoms. The Morgan fingerprint density at radius 3 is 2.70 bits per heavy atom. The largest absolute Gasteiger partial charge is 0.493 e. The SMILES string of the molecule is COc1c(OC2CCSCC2)cccc1C(C)C(=O)O. The smallest absolute Gasteiger partial charge is 0.310 e. The summed E-state index contributed by atoms with van der Waals surface area (Å²) in [5, 5.41) is 9.17. The average molecular weight is 296 g/mol. The summed E-state index contributed by atoms with van der Waals surface area (Å²) >= 11 is 1.94. The van der Waals surface area contributed by atoms with Crippen LogP contribution in [0.5, 0.6) is 11.5 Å². The Bertz CT molecular complexity index is 469. The molecule has 1 fully saturated rings. The van der Waals surface area contributed by atoms with Crippen LogP contribution in [-0.2, 0) is 4.79 Å². The van der Waals surface area contributed by atoms with Gasteiger partial charge in [-0.3, -0.25) is 4.79 Å². The monoisotopic (exact) mass is 296 g/mol. The van der Waals surface area contributed by atoms with Crippen molar-refractivity contribution in [2.75, 3.05) is 18.6 Å². The van der Waals surface area contributed by atoms with Crippen LogP contribution in [0.2, 0.25) is 0 Å². The first-order chi connectivity index (χ1) is 9.63. The number of hydrogen-bond donors (Lipinski definition) is 1. The highest BCUT2D eigenvalue weighted by molar-refractivity contribution is 7.99. The number of rotatable bonds is 5. The normalized spacial score (nSPS) is 17.5. The van der Waals surface area contributed by atoms with Crippen molar-refractivity contribution < 1.29 is 19.4 Å². The topological polar surface area (TPSA) is 55.8 Å². The van der Waals surface area contributed by atoms with Crippen LogP contribution < -0.4 is 9.47 Å². The fourth-order valence-corrected chi connectivity index (χ4v) is 3.35. The zero-order valence-electron chi connectivity index (χ0n) is 11.8. The van der Waals surface area contributed by atoms with Crippen molar-refractivity contribution in [1.29, 1.82) is 0 Å². The van der Waals surface area contributed by atoms with Crippen molar-refractivity contribution in [3.63, 3.8) is 0 Å². The van der Waals surface area contributed by atoms with Crippen molar-refractivity contribution in [3.8, 4) is 11.5 Å². The van der Waals surface area contributed by atoms with E-state index in [1.165, 1.54) is 0 Å². The number of hydrogen-bond acceptors (Lipinski definition) is 4. The molecule has 110 valence electrons. The summed E-state index contributed by atoms with van der Waals surface area (Å²) in [5.74, 6) is 1.93. The second-order valence-electron chi connectivity index (χ2n) is 4.87. The molecule has 1 aliphatic rings. The zero-order valence-corrected chi connectivity index (χ0v) is 12.6. The number of aliphatic carboxylic acids is 1. The third kappa shape index (κ3) is 3.39. The Morgan fingerprint density at radius 2 is 2.10 bits per heavy atom. The number of thioether (sulfide) groups is 1. The van der Waals surface area contributed by atoms with E-state index in [1.54, 1.807) is 20.1 Å². The molecule has 1 atom stereocenters. The first kappa shape index (κ1) is 15.0. The third-order valence-electron chi connectivity index (χ3n) is 3.51. The Hall–Kier alpha value is -1.36. The quantitative estimate of drug-likeness (QED) is 0.904. The van der Waals surface area contributed by atoms with E-state index in [0.29, 0.717) is 17.1 Å². The molecule has 0 bridgehead atoms. The fourth-order valence-electron chi connectivity index (χ4n) is 2.29. The van der Waals surface area contributed by atoms with Gasteiger partial charge in [-0.2, -0.15) is 11.8 Å². The minimum atomic E-state index is -0.866. The van der Waals surface area contributed by atoms with Gasteiger partial charge in [-0.05, 0) is 37.3 Å². The molecule has 20 heavy (non-hydrogen) atoms. The summed E-state index contributed by atoms with van der Waals surface area (Å²) < 4.78 is 11.4. The number of carboxylic acid groups (broad SMARTS) is 1. The lowest BCUT2D eigenvalue weighted by molar-refractivity contribution is -0.138. The molecule has 1 unspecified atom stereocenters. The molecule has 0 saturated carbocycles. The van der Waals surface area contributed by atoms with Gasteiger partial charge in [-0.15, -0.1) is 0 Å². The lowest BCUT2D eigenvalue weighted by Gasteiger charge is -2.25. The molecule has 2 rings (SSSR count). The second-order valence-corrected chi connectivity index (χ2v) is 6.09. The molecule has 0 radical (unpaired) electrons. The van der Waals surface area contributed by atoms with E-state index >= 15 is 0 Å². The van der Waals surface area contributed by atoms with Gasteiger partial charge in [0.25, 0.3) is 0 Å². The predicted molar refractivity (Wildman–Crippen MR) is 80.0 cm³/mol. The highest BCUT2D eigenvalue weighted by Gasteiger charge is 2.23. The molecular formula is C15H20O4S. The van der Waals surface area contributed by atoms with Gasteiger partial charge in [0.15, 0.2) is 11.5 Å². The molecule has 1 aliphatic heterocycles. The molecule has 0 aliphatic carbocycles. The van der Waals surface area contributed by atoms with E-state index in [9.17, 15) is 4.79 Å². The van der Waals surface area contributed by atoms with Crippen LogP contribution in [0.1, 0.15) is 31.2 Å². The summed E-state index contributed by atoms with van der Waals surface area (Å²) in [6.45, 7) is 1.65. The van der Waals surface area contributed by atoms with Gasteiger partial charge in [0.1, 0.15) is 6.10 Å². The third-order valence-corrected chi connectivity index (χ3v) is 4.56. The second kappa shape index (κ2) is 6.88. The van der Waals surface area contributed by atoms with Gasteiger partial charge < -0.3 is 14.6 Å². The molecule has 4 nitrogen and oxygen atoms in total. The maximum absolute atomic E-state index is 11.2. The van der Waals surface area contributed by atoms with Crippen molar-refractivity contribution >= 4 is 17.7 Å². The van der Waals surface area contributed by atoms with Gasteiger partial charge >= 0.3 is 5.97 Å². The van der Waals surface area contributed by atoms with Crippen molar-refractivity contribution in [1.82, 2.24) is 0 Å². The average Bonchev–Trinajstić information content (AvgIpc) is 2.47. The fraction of sp³-hybridized carbons (Fsp3) is 0.533. The summed E-state index contributed by atoms with van der Waals surface area (Å²) in [5.41, 5.74) is 0.655. The van der Waals surface area contributed by atoms with E-state index in [2.05, 4.69) is 0 Å². The molecule has 1 N–H and O–H groups in total. The molecule has 0 aromatic heterocycles. The van der Waals surface area contributed by atoms with Gasteiger partial charge in [0, 0.05) is 5.56 Å². The Balaban J connectivity index is 2.23. The summed E-state index contributed by atoms with van der Waals surface area (Å²) in [6.07, 6.45) is 2.24. The van der Waals surface area contributed by atoms with Gasteiger partial charge in [0.05, 0.1) is 13.0 Å². The maximum atomic E-state index is 11.2. The van der Waals surface area contributed by atoms with Crippen LogP contribution in [-0.4, -0.2) is 35.8 Å². The molecule has 1 aromatic carbocycles. The first-order valence-electron chi connectivity index (χ1n) is 6.77. The predicted octanol–water partition coefficient (Wildman–Crippen LogP) is 3.16. The van der Waals surface area contributed by atoms with Crippen LogP contribution in [0.25, 0.3) is 0 Å². The molecule has 1 saturated heterocycles. The number of carbonyl (C=O) groups is 1. The number of benzene rings is 1. The van der Waals surface area contributed by atoms with Crippen molar-refractivity contribution in [2.24, 2.45) is 0 Å². The molecule has 1 aromatic rings. The summed E-state index contributed by atoms with van der Waals surface area (Å²) in [7, 11) is 1.55. The van der Waals surface area contributed by atoms with Crippen molar-refractivity contribution in [2.45, 2.75) is 31.8 Å². The van der Waals surface area contributed by atoms with E-state index < -0.39 is 11.9 Å². The van der Waals surface area contributed by atoms with Gasteiger partial charge in [-0.1, -0.05) is 12.1 Å². The minimum Gasteiger partial charge on any atom is -0.493 e. The van der Waals surface area contributed by atoms with Crippen molar-refractivity contribution in [3.05, 3.63) is 23.8 Å². The number of methoxy groups -OCH3 is 1. The highest BCUT2D eigenvalue weighted by Crippen LogP contribution is 2.37. The van der Waals surface area contributed by atoms with Gasteiger partial charge in [0.2, 0.25) is 0 Å². The first-order valence-corrected chi connectivity index (χ1v) is 7.93. The Labute approximate surface area is 123 Å². The van der Waals surface area contributed by atoms with E-state index in [-0.39, 0.29) is 6.10 Å². The van der Waals surface area contributed by atoms with Crippen LogP contribution in [0, 0.1) is 0 Å². The summed E-state index contributed by atoms with van der Waals surface area (Å²) in [6, 6.07) is 5.45. The maximum Gasteiger partial charge on any atom is 0.310 e. The minimum absolute atomic E-state index is 0.195. The van der Waals surface area contributed by atoms with E-state index in [1.807, 2.05) is 23.9 Å². The lowest BCUT2D eigenvalue weighted by atomic mass is 10.00.